The summed E-state index contributed by atoms with van der Waals surface area (Å²) in [5.74, 6) is -1.24. The number of amides is 2. The third-order valence-electron chi connectivity index (χ3n) is 7.30. The van der Waals surface area contributed by atoms with E-state index < -0.39 is 22.9 Å². The molecule has 44 heavy (non-hydrogen) atoms. The summed E-state index contributed by atoms with van der Waals surface area (Å²) < 4.78 is 24.7. The molecule has 1 aliphatic rings. The summed E-state index contributed by atoms with van der Waals surface area (Å²) in [5.41, 5.74) is -0.283. The molecule has 4 heterocycles. The molecule has 0 aliphatic carbocycles. The van der Waals surface area contributed by atoms with Gasteiger partial charge in [-0.3, -0.25) is 24.0 Å². The average Bonchev–Trinajstić information content (AvgIpc) is 3.48. The van der Waals surface area contributed by atoms with Gasteiger partial charge in [0.05, 0.1) is 38.6 Å². The van der Waals surface area contributed by atoms with Crippen LogP contribution in [0.5, 0.6) is 11.5 Å². The Morgan fingerprint density at radius 2 is 1.84 bits per heavy atom. The van der Waals surface area contributed by atoms with Crippen LogP contribution in [0.3, 0.4) is 0 Å². The number of hydrogen-bond acceptors (Lipinski definition) is 7. The van der Waals surface area contributed by atoms with Crippen LogP contribution in [-0.4, -0.2) is 54.9 Å². The minimum atomic E-state index is -1.17. The van der Waals surface area contributed by atoms with Crippen molar-refractivity contribution in [1.82, 2.24) is 19.2 Å². The number of nitrogens with zero attached hydrogens (tertiary/aromatic N) is 4. The number of pyridine rings is 1. The number of hydrogen-bond donors (Lipinski definition) is 2. The van der Waals surface area contributed by atoms with Gasteiger partial charge in [-0.1, -0.05) is 18.2 Å². The number of nitrogens with one attached hydrogen (secondary N) is 1. The Hall–Kier alpha value is -4.81. The van der Waals surface area contributed by atoms with Crippen molar-refractivity contribution < 1.29 is 23.8 Å². The monoisotopic (exact) mass is 615 g/mol. The summed E-state index contributed by atoms with van der Waals surface area (Å²) in [5, 5.41) is 13.1. The number of anilines is 1. The topological polar surface area (TPSA) is 119 Å². The molecule has 0 spiro atoms. The fraction of sp³-hybridized carbons (Fsp3) is 0.250. The first-order chi connectivity index (χ1) is 21.0. The number of rotatable bonds is 8. The lowest BCUT2D eigenvalue weighted by atomic mass is 10.1. The molecule has 0 unspecified atom stereocenters. The van der Waals surface area contributed by atoms with E-state index in [1.807, 2.05) is 6.07 Å². The number of aliphatic hydroxyl groups is 1. The summed E-state index contributed by atoms with van der Waals surface area (Å²) in [6.07, 6.45) is 2.52. The number of aromatic nitrogens is 3. The second-order valence-electron chi connectivity index (χ2n) is 11.3. The van der Waals surface area contributed by atoms with E-state index in [-0.39, 0.29) is 29.5 Å². The van der Waals surface area contributed by atoms with Crippen LogP contribution in [0.4, 0.5) is 10.1 Å². The summed E-state index contributed by atoms with van der Waals surface area (Å²) in [6, 6.07) is 16.1. The van der Waals surface area contributed by atoms with Gasteiger partial charge in [-0.05, 0) is 57.5 Å². The SMILES string of the molecule is Cc1c(C(=O)Nc2ccc(Oc3ccnc4cc(C(=O)N5CCC5)sc34)c(F)c2)c(=O)n(-c2ccccc2)n1CC(C)(C)O. The Labute approximate surface area is 255 Å². The van der Waals surface area contributed by atoms with Gasteiger partial charge in [0.15, 0.2) is 11.6 Å². The second kappa shape index (κ2) is 11.4. The van der Waals surface area contributed by atoms with E-state index in [2.05, 4.69) is 10.3 Å². The average molecular weight is 616 g/mol. The van der Waals surface area contributed by atoms with E-state index >= 15 is 4.39 Å². The number of fused-ring (bicyclic) bond motifs is 1. The zero-order valence-electron chi connectivity index (χ0n) is 24.3. The van der Waals surface area contributed by atoms with Gasteiger partial charge in [0.25, 0.3) is 17.4 Å². The standard InChI is InChI=1S/C32H30FN5O5S/c1-19-27(31(41)38(21-8-5-4-6-9-21)37(19)18-32(2,3)42)29(39)35-20-10-11-24(22(33)16-20)43-25-12-13-34-23-17-26(44-28(23)25)30(40)36-14-7-15-36/h4-6,8-13,16-17,42H,7,14-15,18H2,1-3H3,(H,35,39). The highest BCUT2D eigenvalue weighted by Crippen LogP contribution is 2.37. The van der Waals surface area contributed by atoms with Crippen LogP contribution in [-0.2, 0) is 6.54 Å². The first kappa shape index (κ1) is 29.3. The molecule has 6 rings (SSSR count). The highest BCUT2D eigenvalue weighted by atomic mass is 32.1. The van der Waals surface area contributed by atoms with Crippen molar-refractivity contribution in [2.75, 3.05) is 18.4 Å². The van der Waals surface area contributed by atoms with E-state index in [0.717, 1.165) is 25.6 Å². The van der Waals surface area contributed by atoms with Crippen molar-refractivity contribution in [3.63, 3.8) is 0 Å². The van der Waals surface area contributed by atoms with Crippen LogP contribution in [0.2, 0.25) is 0 Å². The van der Waals surface area contributed by atoms with Crippen molar-refractivity contribution >= 4 is 39.1 Å². The first-order valence-corrected chi connectivity index (χ1v) is 14.9. The van der Waals surface area contributed by atoms with E-state index in [0.29, 0.717) is 32.2 Å². The third kappa shape index (κ3) is 5.61. The minimum absolute atomic E-state index is 0.0529. The molecule has 3 aromatic heterocycles. The summed E-state index contributed by atoms with van der Waals surface area (Å²) in [6.45, 7) is 6.36. The third-order valence-corrected chi connectivity index (χ3v) is 8.43. The summed E-state index contributed by atoms with van der Waals surface area (Å²) in [4.78, 5) is 46.2. The molecule has 226 valence electrons. The largest absolute Gasteiger partial charge is 0.453 e. The molecule has 2 amide bonds. The van der Waals surface area contributed by atoms with Crippen molar-refractivity contribution in [3.05, 3.63) is 99.2 Å². The van der Waals surface area contributed by atoms with Crippen molar-refractivity contribution in [1.29, 1.82) is 0 Å². The second-order valence-corrected chi connectivity index (χ2v) is 12.3. The lowest BCUT2D eigenvalue weighted by Crippen LogP contribution is -2.41. The smallest absolute Gasteiger partial charge is 0.284 e. The maximum absolute atomic E-state index is 15.3. The summed E-state index contributed by atoms with van der Waals surface area (Å²) in [7, 11) is 0. The maximum atomic E-state index is 15.3. The van der Waals surface area contributed by atoms with Gasteiger partial charge in [-0.2, -0.15) is 0 Å². The lowest BCUT2D eigenvalue weighted by molar-refractivity contribution is 0.0545. The molecule has 5 aromatic rings. The molecule has 12 heteroatoms. The van der Waals surface area contributed by atoms with Gasteiger partial charge < -0.3 is 20.1 Å². The number of halogens is 1. The van der Waals surface area contributed by atoms with Gasteiger partial charge in [0, 0.05) is 37.1 Å². The fourth-order valence-corrected chi connectivity index (χ4v) is 6.07. The molecule has 2 N–H and O–H groups in total. The highest BCUT2D eigenvalue weighted by molar-refractivity contribution is 7.21. The Morgan fingerprint density at radius 3 is 2.50 bits per heavy atom. The van der Waals surface area contributed by atoms with E-state index in [4.69, 9.17) is 4.74 Å². The number of ether oxygens (including phenoxy) is 1. The Kier molecular flexibility index (Phi) is 7.56. The zero-order chi connectivity index (χ0) is 31.2. The molecule has 1 fully saturated rings. The molecular weight excluding hydrogens is 585 g/mol. The van der Waals surface area contributed by atoms with Crippen LogP contribution >= 0.6 is 11.3 Å². The Bertz CT molecular complexity index is 1950. The van der Waals surface area contributed by atoms with Crippen LogP contribution in [0, 0.1) is 12.7 Å². The van der Waals surface area contributed by atoms with Crippen molar-refractivity contribution in [3.8, 4) is 17.2 Å². The predicted octanol–water partition coefficient (Wildman–Crippen LogP) is 5.36. The first-order valence-electron chi connectivity index (χ1n) is 14.1. The number of carbonyl (C=O) groups excluding carboxylic acids is 2. The molecule has 2 aromatic carbocycles. The van der Waals surface area contributed by atoms with Crippen LogP contribution in [0.25, 0.3) is 15.9 Å². The summed E-state index contributed by atoms with van der Waals surface area (Å²) >= 11 is 1.24. The number of carbonyl (C=O) groups is 2. The highest BCUT2D eigenvalue weighted by Gasteiger charge is 2.27. The van der Waals surface area contributed by atoms with Gasteiger partial charge in [0.1, 0.15) is 11.3 Å². The molecule has 10 nitrogen and oxygen atoms in total. The van der Waals surface area contributed by atoms with E-state index in [9.17, 15) is 19.5 Å². The Morgan fingerprint density at radius 1 is 1.09 bits per heavy atom. The molecular formula is C32H30FN5O5S. The quantitative estimate of drug-likeness (QED) is 0.243. The maximum Gasteiger partial charge on any atom is 0.284 e. The van der Waals surface area contributed by atoms with Crippen LogP contribution < -0.4 is 15.6 Å². The number of thiophene rings is 1. The van der Waals surface area contributed by atoms with Gasteiger partial charge in [-0.25, -0.2) is 9.07 Å². The lowest BCUT2D eigenvalue weighted by Gasteiger charge is -2.30. The van der Waals surface area contributed by atoms with Crippen molar-refractivity contribution in [2.45, 2.75) is 39.3 Å². The number of para-hydroxylation sites is 1. The minimum Gasteiger partial charge on any atom is -0.453 e. The molecule has 1 saturated heterocycles. The predicted molar refractivity (Wildman–Crippen MR) is 166 cm³/mol. The molecule has 0 radical (unpaired) electrons. The number of benzene rings is 2. The number of likely N-dealkylation sites (tertiary alicyclic amines) is 1. The van der Waals surface area contributed by atoms with Crippen molar-refractivity contribution in [2.24, 2.45) is 0 Å². The Balaban J connectivity index is 1.25. The molecule has 0 atom stereocenters. The molecule has 0 saturated carbocycles. The van der Waals surface area contributed by atoms with Gasteiger partial charge in [-0.15, -0.1) is 11.3 Å². The van der Waals surface area contributed by atoms with E-state index in [1.54, 1.807) is 66.8 Å². The molecule has 1 aliphatic heterocycles. The van der Waals surface area contributed by atoms with Gasteiger partial charge >= 0.3 is 0 Å². The zero-order valence-corrected chi connectivity index (χ0v) is 25.2. The fourth-order valence-electron chi connectivity index (χ4n) is 5.04. The van der Waals surface area contributed by atoms with Crippen LogP contribution in [0.15, 0.2) is 71.7 Å². The van der Waals surface area contributed by atoms with Crippen LogP contribution in [0.1, 0.15) is 46.0 Å². The normalized spacial score (nSPS) is 13.2. The van der Waals surface area contributed by atoms with Gasteiger partial charge in [0.2, 0.25) is 0 Å². The molecule has 0 bridgehead atoms. The van der Waals surface area contributed by atoms with E-state index in [1.165, 1.54) is 34.3 Å².